The number of aromatic nitrogens is 6. The SMILES string of the molecule is CC(Nc1cc(=O)n(C)c2ccc(Nc3ccnc(Cl)c3C#N)cc12)c1ncc(-c2cn[nH]c2)cn1. The number of pyridine rings is 2. The monoisotopic (exact) mass is 497 g/mol. The van der Waals surface area contributed by atoms with Gasteiger partial charge in [0.15, 0.2) is 0 Å². The summed E-state index contributed by atoms with van der Waals surface area (Å²) in [5.41, 5.74) is 4.49. The van der Waals surface area contributed by atoms with Gasteiger partial charge in [-0.1, -0.05) is 11.6 Å². The third-order valence-electron chi connectivity index (χ3n) is 5.80. The van der Waals surface area contributed by atoms with Gasteiger partial charge in [-0.05, 0) is 31.2 Å². The lowest BCUT2D eigenvalue weighted by Gasteiger charge is -2.18. The molecule has 1 unspecified atom stereocenters. The van der Waals surface area contributed by atoms with E-state index >= 15 is 0 Å². The molecule has 178 valence electrons. The molecular formula is C25H20ClN9O. The summed E-state index contributed by atoms with van der Waals surface area (Å²) in [4.78, 5) is 25.6. The molecule has 4 aromatic heterocycles. The predicted octanol–water partition coefficient (Wildman–Crippen LogP) is 4.56. The van der Waals surface area contributed by atoms with Crippen LogP contribution in [0.1, 0.15) is 24.4 Å². The smallest absolute Gasteiger partial charge is 0.252 e. The molecule has 0 saturated heterocycles. The largest absolute Gasteiger partial charge is 0.375 e. The van der Waals surface area contributed by atoms with Gasteiger partial charge in [0.25, 0.3) is 5.56 Å². The van der Waals surface area contributed by atoms with Gasteiger partial charge >= 0.3 is 0 Å². The molecular weight excluding hydrogens is 478 g/mol. The highest BCUT2D eigenvalue weighted by Crippen LogP contribution is 2.30. The highest BCUT2D eigenvalue weighted by atomic mass is 35.5. The van der Waals surface area contributed by atoms with Gasteiger partial charge in [-0.25, -0.2) is 15.0 Å². The minimum absolute atomic E-state index is 0.126. The third kappa shape index (κ3) is 4.35. The molecule has 5 rings (SSSR count). The number of fused-ring (bicyclic) bond motifs is 1. The molecule has 0 bridgehead atoms. The van der Waals surface area contributed by atoms with Gasteiger partial charge < -0.3 is 15.2 Å². The van der Waals surface area contributed by atoms with E-state index in [-0.39, 0.29) is 22.3 Å². The molecule has 1 atom stereocenters. The number of hydrogen-bond acceptors (Lipinski definition) is 8. The lowest BCUT2D eigenvalue weighted by molar-refractivity contribution is 0.789. The summed E-state index contributed by atoms with van der Waals surface area (Å²) in [7, 11) is 1.72. The second kappa shape index (κ2) is 9.48. The number of nitriles is 1. The first-order valence-electron chi connectivity index (χ1n) is 11.0. The van der Waals surface area contributed by atoms with E-state index in [1.54, 1.807) is 48.5 Å². The molecule has 3 N–H and O–H groups in total. The van der Waals surface area contributed by atoms with Crippen molar-refractivity contribution in [3.63, 3.8) is 0 Å². The summed E-state index contributed by atoms with van der Waals surface area (Å²) in [5.74, 6) is 0.579. The summed E-state index contributed by atoms with van der Waals surface area (Å²) in [5, 5.41) is 23.7. The van der Waals surface area contributed by atoms with Crippen LogP contribution in [0.25, 0.3) is 22.0 Å². The van der Waals surface area contributed by atoms with Crippen LogP contribution in [0.2, 0.25) is 5.15 Å². The molecule has 0 aliphatic heterocycles. The van der Waals surface area contributed by atoms with E-state index in [1.807, 2.05) is 25.1 Å². The molecule has 4 heterocycles. The van der Waals surface area contributed by atoms with Crippen LogP contribution in [0.4, 0.5) is 17.1 Å². The molecule has 1 aromatic carbocycles. The van der Waals surface area contributed by atoms with E-state index in [4.69, 9.17) is 11.6 Å². The van der Waals surface area contributed by atoms with Crippen molar-refractivity contribution in [1.29, 1.82) is 5.26 Å². The topological polar surface area (TPSA) is 137 Å². The van der Waals surface area contributed by atoms with Crippen molar-refractivity contribution >= 4 is 39.6 Å². The maximum absolute atomic E-state index is 12.7. The first-order chi connectivity index (χ1) is 17.4. The number of anilines is 3. The zero-order chi connectivity index (χ0) is 25.2. The van der Waals surface area contributed by atoms with Gasteiger partial charge in [0.05, 0.1) is 23.4 Å². The van der Waals surface area contributed by atoms with Crippen LogP contribution in [0.15, 0.2) is 66.1 Å². The van der Waals surface area contributed by atoms with Crippen molar-refractivity contribution in [3.05, 3.63) is 88.2 Å². The van der Waals surface area contributed by atoms with Crippen LogP contribution in [-0.4, -0.2) is 29.7 Å². The molecule has 36 heavy (non-hydrogen) atoms. The maximum Gasteiger partial charge on any atom is 0.252 e. The van der Waals surface area contributed by atoms with E-state index in [1.165, 1.54) is 6.20 Å². The zero-order valence-corrected chi connectivity index (χ0v) is 20.1. The van der Waals surface area contributed by atoms with Gasteiger partial charge in [0.2, 0.25) is 0 Å². The zero-order valence-electron chi connectivity index (χ0n) is 19.3. The van der Waals surface area contributed by atoms with Crippen LogP contribution in [-0.2, 0) is 7.05 Å². The Morgan fingerprint density at radius 1 is 1.08 bits per heavy atom. The average molecular weight is 498 g/mol. The summed E-state index contributed by atoms with van der Waals surface area (Å²) in [6.07, 6.45) is 8.49. The number of aryl methyl sites for hydroxylation is 1. The van der Waals surface area contributed by atoms with E-state index in [9.17, 15) is 10.1 Å². The molecule has 0 spiro atoms. The Morgan fingerprint density at radius 2 is 1.89 bits per heavy atom. The molecule has 5 aromatic rings. The quantitative estimate of drug-likeness (QED) is 0.290. The molecule has 0 radical (unpaired) electrons. The Labute approximate surface area is 210 Å². The number of rotatable bonds is 6. The van der Waals surface area contributed by atoms with E-state index < -0.39 is 0 Å². The molecule has 11 heteroatoms. The van der Waals surface area contributed by atoms with Crippen LogP contribution < -0.4 is 16.2 Å². The molecule has 0 fully saturated rings. The van der Waals surface area contributed by atoms with Crippen LogP contribution >= 0.6 is 11.6 Å². The Morgan fingerprint density at radius 3 is 2.61 bits per heavy atom. The average Bonchev–Trinajstić information content (AvgIpc) is 3.42. The molecule has 0 saturated carbocycles. The van der Waals surface area contributed by atoms with Crippen LogP contribution in [0.5, 0.6) is 0 Å². The summed E-state index contributed by atoms with van der Waals surface area (Å²) >= 11 is 6.07. The second-order valence-electron chi connectivity index (χ2n) is 8.13. The fourth-order valence-corrected chi connectivity index (χ4v) is 4.08. The second-order valence-corrected chi connectivity index (χ2v) is 8.49. The van der Waals surface area contributed by atoms with E-state index in [0.717, 1.165) is 27.7 Å². The number of benzene rings is 1. The molecule has 0 aliphatic rings. The fraction of sp³-hybridized carbons (Fsp3) is 0.120. The van der Waals surface area contributed by atoms with E-state index in [2.05, 4.69) is 41.9 Å². The number of nitrogens with one attached hydrogen (secondary N) is 3. The van der Waals surface area contributed by atoms with Gasteiger partial charge in [0, 0.05) is 65.8 Å². The highest BCUT2D eigenvalue weighted by molar-refractivity contribution is 6.31. The number of halogens is 1. The minimum Gasteiger partial charge on any atom is -0.375 e. The van der Waals surface area contributed by atoms with Gasteiger partial charge in [-0.3, -0.25) is 9.89 Å². The molecule has 0 aliphatic carbocycles. The minimum atomic E-state index is -0.278. The first kappa shape index (κ1) is 23.0. The Hall–Kier alpha value is -4.75. The number of hydrogen-bond donors (Lipinski definition) is 3. The van der Waals surface area contributed by atoms with Crippen molar-refractivity contribution in [2.45, 2.75) is 13.0 Å². The van der Waals surface area contributed by atoms with Crippen molar-refractivity contribution in [2.24, 2.45) is 7.05 Å². The Bertz CT molecular complexity index is 1650. The highest BCUT2D eigenvalue weighted by Gasteiger charge is 2.15. The normalized spacial score (nSPS) is 11.7. The summed E-state index contributed by atoms with van der Waals surface area (Å²) in [6, 6.07) is 10.6. The first-order valence-corrected chi connectivity index (χ1v) is 11.4. The molecule has 0 amide bonds. The van der Waals surface area contributed by atoms with Crippen LogP contribution in [0.3, 0.4) is 0 Å². The van der Waals surface area contributed by atoms with Crippen LogP contribution in [0, 0.1) is 11.3 Å². The number of H-pyrrole nitrogens is 1. The van der Waals surface area contributed by atoms with Gasteiger partial charge in [-0.15, -0.1) is 0 Å². The van der Waals surface area contributed by atoms with Crippen molar-refractivity contribution in [1.82, 2.24) is 29.7 Å². The van der Waals surface area contributed by atoms with E-state index in [0.29, 0.717) is 17.2 Å². The fourth-order valence-electron chi connectivity index (χ4n) is 3.88. The summed E-state index contributed by atoms with van der Waals surface area (Å²) in [6.45, 7) is 1.93. The van der Waals surface area contributed by atoms with Gasteiger partial charge in [-0.2, -0.15) is 10.4 Å². The van der Waals surface area contributed by atoms with Crippen molar-refractivity contribution < 1.29 is 0 Å². The Kier molecular flexibility index (Phi) is 6.06. The summed E-state index contributed by atoms with van der Waals surface area (Å²) < 4.78 is 1.58. The Balaban J connectivity index is 1.48. The predicted molar refractivity (Wildman–Crippen MR) is 138 cm³/mol. The van der Waals surface area contributed by atoms with Crippen molar-refractivity contribution in [3.8, 4) is 17.2 Å². The lowest BCUT2D eigenvalue weighted by atomic mass is 10.1. The lowest BCUT2D eigenvalue weighted by Crippen LogP contribution is -2.19. The van der Waals surface area contributed by atoms with Crippen molar-refractivity contribution in [2.75, 3.05) is 10.6 Å². The maximum atomic E-state index is 12.7. The standard InChI is InChI=1S/C25H20ClN9O/c1-14(25-29-10-15(11-30-25)16-12-31-32-13-16)33-21-8-23(36)35(2)22-4-3-17(7-18(21)22)34-20-5-6-28-24(26)19(20)9-27/h3-8,10-14,33H,1-2H3,(H,28,34)(H,31,32). The molecule has 10 nitrogen and oxygen atoms in total. The number of nitrogens with zero attached hydrogens (tertiary/aromatic N) is 6. The number of aromatic amines is 1. The van der Waals surface area contributed by atoms with Gasteiger partial charge in [0.1, 0.15) is 22.6 Å². The third-order valence-corrected chi connectivity index (χ3v) is 6.09.